The summed E-state index contributed by atoms with van der Waals surface area (Å²) in [6.07, 6.45) is -14.5. The van der Waals surface area contributed by atoms with Crippen LogP contribution in [-0.2, 0) is 44.8 Å². The van der Waals surface area contributed by atoms with Gasteiger partial charge in [0.2, 0.25) is 12.3 Å². The zero-order valence-electron chi connectivity index (χ0n) is 30.1. The summed E-state index contributed by atoms with van der Waals surface area (Å²) in [6.45, 7) is 0. The second kappa shape index (κ2) is 19.4. The van der Waals surface area contributed by atoms with Crippen molar-refractivity contribution in [2.75, 3.05) is 0 Å². The van der Waals surface area contributed by atoms with Gasteiger partial charge in [-0.3, -0.25) is 19.9 Å². The van der Waals surface area contributed by atoms with Gasteiger partial charge in [-0.15, -0.1) is 11.5 Å². The van der Waals surface area contributed by atoms with Crippen LogP contribution in [0.2, 0.25) is 0 Å². The topological polar surface area (TPSA) is 51.6 Å². The second-order valence-electron chi connectivity index (χ2n) is 11.8. The third-order valence-corrected chi connectivity index (χ3v) is 6.85. The molecule has 4 aromatic heterocycles. The number of aromatic nitrogens is 4. The van der Waals surface area contributed by atoms with Gasteiger partial charge in [-0.05, 0) is 60.7 Å². The van der Waals surface area contributed by atoms with Crippen LogP contribution in [0.1, 0.15) is 33.6 Å². The molecule has 0 aromatic carbocycles. The zero-order valence-corrected chi connectivity index (χ0v) is 33.4. The van der Waals surface area contributed by atoms with Crippen LogP contribution in [0.4, 0.5) is 95.4 Å². The Kier molecular flexibility index (Phi) is 16.6. The normalized spacial score (nSPS) is 15.7. The van der Waals surface area contributed by atoms with E-state index in [1.165, 1.54) is 0 Å². The maximum absolute atomic E-state index is 13.3. The monoisotopic (exact) mass is 1150 g/mol. The van der Waals surface area contributed by atoms with Crippen molar-refractivity contribution >= 4 is 19.0 Å². The molecule has 0 spiro atoms. The molecule has 4 aromatic rings. The number of hydrogen-bond acceptors (Lipinski definition) is 4. The fourth-order valence-corrected chi connectivity index (χ4v) is 4.13. The van der Waals surface area contributed by atoms with E-state index in [2.05, 4.69) is 31.4 Å². The van der Waals surface area contributed by atoms with Gasteiger partial charge in [0.05, 0.1) is 56.2 Å². The van der Waals surface area contributed by atoms with Crippen LogP contribution in [0.25, 0.3) is 22.5 Å². The molecule has 4 nitrogen and oxygen atoms in total. The van der Waals surface area contributed by atoms with Crippen molar-refractivity contribution in [3.63, 3.8) is 0 Å². The number of hydrogen-bond donors (Lipinski definition) is 0. The summed E-state index contributed by atoms with van der Waals surface area (Å²) < 4.78 is 259. The van der Waals surface area contributed by atoms with Gasteiger partial charge in [0.1, 0.15) is 11.7 Å². The summed E-state index contributed by atoms with van der Waals surface area (Å²) >= 11 is 0. The number of halogens is 22. The molecule has 0 bridgehead atoms. The maximum atomic E-state index is 13.3. The van der Waals surface area contributed by atoms with Gasteiger partial charge < -0.3 is 0 Å². The second-order valence-corrected chi connectivity index (χ2v) is 13.7. The molecule has 0 fully saturated rings. The van der Waals surface area contributed by atoms with Crippen LogP contribution in [0.5, 0.6) is 0 Å². The van der Waals surface area contributed by atoms with Crippen molar-refractivity contribution in [2.24, 2.45) is 0 Å². The minimum Gasteiger partial charge on any atom is 0 e. The van der Waals surface area contributed by atoms with Gasteiger partial charge in [0.15, 0.2) is 0 Å². The van der Waals surface area contributed by atoms with Crippen molar-refractivity contribution in [1.82, 2.24) is 19.9 Å². The Morgan fingerprint density at radius 1 is 0.375 bits per heavy atom. The van der Waals surface area contributed by atoms with Crippen molar-refractivity contribution < 1.29 is 116 Å². The van der Waals surface area contributed by atoms with Crippen LogP contribution in [0, 0.1) is 12.3 Å². The maximum Gasteiger partial charge on any atom is 0 e. The summed E-state index contributed by atoms with van der Waals surface area (Å²) in [5, 5.41) is 0. The Hall–Kier alpha value is -5.34. The number of nitrogens with zero attached hydrogens (tertiary/aromatic N) is 4. The molecule has 0 saturated carbocycles. The number of allylic oxidation sites excluding steroid dienone is 6. The van der Waals surface area contributed by atoms with Gasteiger partial charge in [0, 0.05) is 57.0 Å². The van der Waals surface area contributed by atoms with Crippen LogP contribution in [0.3, 0.4) is 0 Å². The number of alkyl halides is 12. The summed E-state index contributed by atoms with van der Waals surface area (Å²) in [5.74, 6) is -1.63. The molecule has 0 unspecified atom stereocenters. The van der Waals surface area contributed by atoms with Crippen LogP contribution < -0.4 is 0 Å². The first-order valence-corrected chi connectivity index (χ1v) is 17.9. The van der Waals surface area contributed by atoms with Gasteiger partial charge in [-0.25, -0.2) is 17.6 Å². The molecule has 2 aliphatic rings. The molecule has 4 heterocycles. The van der Waals surface area contributed by atoms with E-state index in [-0.39, 0.29) is 54.0 Å². The Labute approximate surface area is 356 Å². The van der Waals surface area contributed by atoms with Crippen molar-refractivity contribution in [2.45, 2.75) is 24.7 Å². The Balaban J connectivity index is 0.000000305. The minimum atomic E-state index is -10.7. The summed E-state index contributed by atoms with van der Waals surface area (Å²) in [5.41, 5.74) is 0.515. The van der Waals surface area contributed by atoms with Gasteiger partial charge >= 0.3 is 57.7 Å². The molecule has 2 aliphatic carbocycles. The van der Waals surface area contributed by atoms with E-state index in [0.717, 1.165) is 60.7 Å². The third-order valence-electron chi connectivity index (χ3n) is 6.85. The first kappa shape index (κ1) is 54.8. The standard InChI is InChI=1S/C12H6F6N2.2C12H5F5N.F6P.Ir/c13-11(14,15)7-1-3-9(19-5-7)10-4-2-8(6-20-10)12(16,17)18;2*13-8-2-3-9(10(14)5-8)11-4-1-7(6-18-11)12(15,16)17;1-7(2,3,4,5)6;/h1-6H;2*1-2,4-6H;;/q;;;-1;. The Morgan fingerprint density at radius 3 is 0.766 bits per heavy atom. The van der Waals surface area contributed by atoms with E-state index in [4.69, 9.17) is 0 Å². The molecule has 0 N–H and O–H groups in total. The van der Waals surface area contributed by atoms with Crippen LogP contribution >= 0.6 is 7.81 Å². The predicted octanol–water partition coefficient (Wildman–Crippen LogP) is 15.6. The molecule has 349 valence electrons. The van der Waals surface area contributed by atoms with Crippen molar-refractivity contribution in [3.8, 4) is 11.4 Å². The predicted molar refractivity (Wildman–Crippen MR) is 180 cm³/mol. The molecule has 3 radical (unpaired) electrons. The summed E-state index contributed by atoms with van der Waals surface area (Å²) in [6, 6.07) is 7.27. The molecule has 0 amide bonds. The minimum absolute atomic E-state index is 0. The molecule has 28 heteroatoms. The molecular weight excluding hydrogens is 1130 g/mol. The van der Waals surface area contributed by atoms with Crippen LogP contribution in [-0.4, -0.2) is 19.9 Å². The summed E-state index contributed by atoms with van der Waals surface area (Å²) in [7, 11) is -10.7. The largest absolute Gasteiger partial charge is 0 e. The van der Waals surface area contributed by atoms with Crippen LogP contribution in [0.15, 0.2) is 121 Å². The number of pyridine rings is 4. The molecule has 0 aliphatic heterocycles. The molecular formula is C36H16F22IrN4P-. The van der Waals surface area contributed by atoms with Crippen molar-refractivity contribution in [1.29, 1.82) is 0 Å². The SMILES string of the molecule is FC(F)(F)c1ccc(-c2ccc(C(F)(F)F)cn2)nc1.F[C]1C=C(F)C=C=C1c1ccc(C(F)(F)F)cn1.F[C]1C=C(F)C=C=C1c1ccc(C(F)(F)F)cn1.F[P-](F)(F)(F)(F)F.[Ir]. The summed E-state index contributed by atoms with van der Waals surface area (Å²) in [4.78, 5) is 14.1. The number of rotatable bonds is 3. The van der Waals surface area contributed by atoms with E-state index >= 15 is 0 Å². The zero-order chi connectivity index (χ0) is 48.0. The average molecular weight is 1150 g/mol. The van der Waals surface area contributed by atoms with E-state index in [1.807, 2.05) is 0 Å². The first-order chi connectivity index (χ1) is 28.4. The van der Waals surface area contributed by atoms with E-state index in [0.29, 0.717) is 36.9 Å². The molecule has 6 rings (SSSR count). The first-order valence-electron chi connectivity index (χ1n) is 15.8. The smallest absolute Gasteiger partial charge is 0 e. The van der Waals surface area contributed by atoms with E-state index in [9.17, 15) is 95.4 Å². The average Bonchev–Trinajstić information content (AvgIpc) is 3.13. The van der Waals surface area contributed by atoms with Gasteiger partial charge in [0.25, 0.3) is 0 Å². The molecule has 64 heavy (non-hydrogen) atoms. The third kappa shape index (κ3) is 18.8. The Morgan fingerprint density at radius 2 is 0.594 bits per heavy atom. The quantitative estimate of drug-likeness (QED) is 0.117. The van der Waals surface area contributed by atoms with E-state index < -0.39 is 78.8 Å². The fourth-order valence-electron chi connectivity index (χ4n) is 4.13. The van der Waals surface area contributed by atoms with Gasteiger partial charge in [-0.2, -0.15) is 52.7 Å². The van der Waals surface area contributed by atoms with Crippen molar-refractivity contribution in [3.05, 3.63) is 167 Å². The van der Waals surface area contributed by atoms with E-state index in [1.54, 1.807) is 0 Å². The fraction of sp³-hybridized carbons (Fsp3) is 0.111. The molecule has 0 saturated heterocycles. The van der Waals surface area contributed by atoms with Gasteiger partial charge in [-0.1, -0.05) is 0 Å². The Bertz CT molecular complexity index is 2250. The molecule has 0 atom stereocenters.